The van der Waals surface area contributed by atoms with Crippen molar-refractivity contribution in [3.63, 3.8) is 0 Å². The van der Waals surface area contributed by atoms with Crippen LogP contribution in [0.2, 0.25) is 0 Å². The van der Waals surface area contributed by atoms with Crippen LogP contribution in [-0.4, -0.2) is 33.8 Å². The van der Waals surface area contributed by atoms with Gasteiger partial charge < -0.3 is 10.4 Å². The molecule has 19 heavy (non-hydrogen) atoms. The summed E-state index contributed by atoms with van der Waals surface area (Å²) in [5.74, 6) is -1.52. The third-order valence-corrected chi connectivity index (χ3v) is 2.90. The van der Waals surface area contributed by atoms with Gasteiger partial charge in [-0.1, -0.05) is 32.1 Å². The van der Waals surface area contributed by atoms with E-state index in [9.17, 15) is 9.59 Å². The van der Waals surface area contributed by atoms with Gasteiger partial charge in [-0.15, -0.1) is 10.2 Å². The lowest BCUT2D eigenvalue weighted by molar-refractivity contribution is -0.142. The first-order chi connectivity index (χ1) is 8.78. The van der Waals surface area contributed by atoms with E-state index in [1.165, 1.54) is 16.8 Å². The van der Waals surface area contributed by atoms with E-state index in [0.29, 0.717) is 11.6 Å². The van der Waals surface area contributed by atoms with E-state index in [-0.39, 0.29) is 12.0 Å². The average Bonchev–Trinajstić information content (AvgIpc) is 2.75. The fourth-order valence-electron chi connectivity index (χ4n) is 1.57. The molecule has 1 aromatic rings. The fraction of sp³-hybridized carbons (Fsp3) is 0.636. The highest BCUT2D eigenvalue weighted by atomic mass is 32.1. The first kappa shape index (κ1) is 15.4. The number of carboxylic acids is 1. The summed E-state index contributed by atoms with van der Waals surface area (Å²) >= 11 is 1.19. The van der Waals surface area contributed by atoms with Gasteiger partial charge >= 0.3 is 12.0 Å². The Labute approximate surface area is 115 Å². The molecule has 0 saturated heterocycles. The number of aromatic nitrogens is 2. The highest BCUT2D eigenvalue weighted by molar-refractivity contribution is 7.13. The van der Waals surface area contributed by atoms with Crippen LogP contribution in [0.1, 0.15) is 27.2 Å². The third kappa shape index (κ3) is 6.14. The van der Waals surface area contributed by atoms with Crippen molar-refractivity contribution >= 4 is 28.5 Å². The van der Waals surface area contributed by atoms with Crippen molar-refractivity contribution in [1.82, 2.24) is 15.5 Å². The maximum absolute atomic E-state index is 11.5. The second-order valence-corrected chi connectivity index (χ2v) is 6.21. The first-order valence-electron chi connectivity index (χ1n) is 5.82. The molecule has 0 radical (unpaired) electrons. The highest BCUT2D eigenvalue weighted by Crippen LogP contribution is 2.24. The zero-order valence-corrected chi connectivity index (χ0v) is 12.0. The molecule has 0 aliphatic carbocycles. The van der Waals surface area contributed by atoms with E-state index in [2.05, 4.69) is 20.8 Å². The Morgan fingerprint density at radius 2 is 2.16 bits per heavy atom. The topological polar surface area (TPSA) is 104 Å². The van der Waals surface area contributed by atoms with Crippen LogP contribution in [0.3, 0.4) is 0 Å². The van der Waals surface area contributed by atoms with Crippen LogP contribution in [0.4, 0.5) is 9.93 Å². The van der Waals surface area contributed by atoms with Crippen molar-refractivity contribution in [1.29, 1.82) is 0 Å². The van der Waals surface area contributed by atoms with Crippen LogP contribution in [-0.2, 0) is 4.79 Å². The first-order valence-corrected chi connectivity index (χ1v) is 6.70. The molecule has 0 spiro atoms. The number of anilines is 1. The second-order valence-electron chi connectivity index (χ2n) is 5.38. The van der Waals surface area contributed by atoms with Crippen molar-refractivity contribution in [2.45, 2.75) is 27.2 Å². The van der Waals surface area contributed by atoms with Crippen molar-refractivity contribution in [3.05, 3.63) is 5.51 Å². The molecule has 0 fully saturated rings. The number of nitrogens with zero attached hydrogens (tertiary/aromatic N) is 2. The molecule has 1 atom stereocenters. The lowest BCUT2D eigenvalue weighted by atomic mass is 9.84. The summed E-state index contributed by atoms with van der Waals surface area (Å²) in [7, 11) is 0. The molecule has 1 unspecified atom stereocenters. The molecular weight excluding hydrogens is 268 g/mol. The molecule has 1 heterocycles. The number of carboxylic acid groups (broad SMARTS) is 1. The van der Waals surface area contributed by atoms with Crippen molar-refractivity contribution in [2.24, 2.45) is 11.3 Å². The van der Waals surface area contributed by atoms with E-state index in [0.717, 1.165) is 0 Å². The van der Waals surface area contributed by atoms with Gasteiger partial charge in [0, 0.05) is 6.54 Å². The molecule has 8 heteroatoms. The number of aliphatic carboxylic acids is 1. The molecule has 0 aromatic carbocycles. The van der Waals surface area contributed by atoms with Gasteiger partial charge in [0.15, 0.2) is 0 Å². The quantitative estimate of drug-likeness (QED) is 0.765. The van der Waals surface area contributed by atoms with Gasteiger partial charge in [-0.2, -0.15) is 0 Å². The number of rotatable bonds is 5. The molecule has 0 bridgehead atoms. The van der Waals surface area contributed by atoms with Gasteiger partial charge in [0.2, 0.25) is 5.13 Å². The summed E-state index contributed by atoms with van der Waals surface area (Å²) in [5.41, 5.74) is 1.38. The Balaban J connectivity index is 2.43. The zero-order chi connectivity index (χ0) is 14.5. The van der Waals surface area contributed by atoms with Crippen LogP contribution >= 0.6 is 11.3 Å². The van der Waals surface area contributed by atoms with Gasteiger partial charge in [-0.05, 0) is 11.8 Å². The summed E-state index contributed by atoms with van der Waals surface area (Å²) in [6.45, 7) is 5.97. The fourth-order valence-corrected chi connectivity index (χ4v) is 2.01. The smallest absolute Gasteiger partial charge is 0.321 e. The van der Waals surface area contributed by atoms with Gasteiger partial charge in [-0.3, -0.25) is 10.1 Å². The second kappa shape index (κ2) is 6.46. The largest absolute Gasteiger partial charge is 0.481 e. The number of carbonyl (C=O) groups is 2. The Hall–Kier alpha value is -1.70. The number of urea groups is 1. The molecule has 3 N–H and O–H groups in total. The van der Waals surface area contributed by atoms with E-state index in [4.69, 9.17) is 5.11 Å². The number of nitrogens with one attached hydrogen (secondary N) is 2. The van der Waals surface area contributed by atoms with Crippen LogP contribution < -0.4 is 10.6 Å². The predicted molar refractivity (Wildman–Crippen MR) is 72.1 cm³/mol. The summed E-state index contributed by atoms with van der Waals surface area (Å²) in [5, 5.41) is 21.7. The van der Waals surface area contributed by atoms with E-state index >= 15 is 0 Å². The number of hydrogen-bond donors (Lipinski definition) is 3. The predicted octanol–water partition coefficient (Wildman–Crippen LogP) is 1.80. The monoisotopic (exact) mass is 286 g/mol. The molecule has 1 aromatic heterocycles. The third-order valence-electron chi connectivity index (χ3n) is 2.30. The molecule has 7 nitrogen and oxygen atoms in total. The molecular formula is C11H18N4O3S. The Morgan fingerprint density at radius 1 is 1.47 bits per heavy atom. The van der Waals surface area contributed by atoms with Gasteiger partial charge in [0.05, 0.1) is 5.92 Å². The average molecular weight is 286 g/mol. The number of carbonyl (C=O) groups excluding carboxylic acids is 1. The molecule has 0 saturated carbocycles. The Kier molecular flexibility index (Phi) is 5.22. The summed E-state index contributed by atoms with van der Waals surface area (Å²) in [6, 6.07) is -0.475. The maximum Gasteiger partial charge on any atom is 0.321 e. The molecule has 106 valence electrons. The lowest BCUT2D eigenvalue weighted by Gasteiger charge is -2.23. The molecule has 1 rings (SSSR count). The van der Waals surface area contributed by atoms with Crippen LogP contribution in [0.5, 0.6) is 0 Å². The minimum atomic E-state index is -0.911. The Bertz CT molecular complexity index is 428. The van der Waals surface area contributed by atoms with Crippen molar-refractivity contribution in [3.8, 4) is 0 Å². The normalized spacial score (nSPS) is 12.8. The SMILES string of the molecule is CC(C)(C)CC(CNC(=O)Nc1nncs1)C(=O)O. The van der Waals surface area contributed by atoms with Gasteiger partial charge in [0.1, 0.15) is 5.51 Å². The standard InChI is InChI=1S/C11H18N4O3S/c1-11(2,3)4-7(8(16)17)5-12-9(18)14-10-15-13-6-19-10/h6-7H,4-5H2,1-3H3,(H,16,17)(H2,12,14,15,18). The highest BCUT2D eigenvalue weighted by Gasteiger charge is 2.25. The minimum absolute atomic E-state index is 0.0806. The number of hydrogen-bond acceptors (Lipinski definition) is 5. The maximum atomic E-state index is 11.5. The molecule has 2 amide bonds. The van der Waals surface area contributed by atoms with Gasteiger partial charge in [0.25, 0.3) is 0 Å². The van der Waals surface area contributed by atoms with Crippen LogP contribution in [0, 0.1) is 11.3 Å². The lowest BCUT2D eigenvalue weighted by Crippen LogP contribution is -2.37. The molecule has 0 aliphatic heterocycles. The zero-order valence-electron chi connectivity index (χ0n) is 11.1. The van der Waals surface area contributed by atoms with Gasteiger partial charge in [-0.25, -0.2) is 4.79 Å². The summed E-state index contributed by atoms with van der Waals surface area (Å²) in [6.07, 6.45) is 0.488. The summed E-state index contributed by atoms with van der Waals surface area (Å²) in [4.78, 5) is 22.6. The van der Waals surface area contributed by atoms with Crippen molar-refractivity contribution < 1.29 is 14.7 Å². The van der Waals surface area contributed by atoms with E-state index in [1.807, 2.05) is 20.8 Å². The van der Waals surface area contributed by atoms with E-state index in [1.54, 1.807) is 0 Å². The van der Waals surface area contributed by atoms with E-state index < -0.39 is 17.9 Å². The Morgan fingerprint density at radius 3 is 2.63 bits per heavy atom. The van der Waals surface area contributed by atoms with Crippen LogP contribution in [0.15, 0.2) is 5.51 Å². The molecule has 0 aliphatic rings. The number of amides is 2. The van der Waals surface area contributed by atoms with Crippen LogP contribution in [0.25, 0.3) is 0 Å². The van der Waals surface area contributed by atoms with Crippen molar-refractivity contribution in [2.75, 3.05) is 11.9 Å². The summed E-state index contributed by atoms with van der Waals surface area (Å²) < 4.78 is 0. The minimum Gasteiger partial charge on any atom is -0.481 e.